The Bertz CT molecular complexity index is 378. The second-order valence-corrected chi connectivity index (χ2v) is 5.10. The maximum atomic E-state index is 10.8. The predicted molar refractivity (Wildman–Crippen MR) is 70.2 cm³/mol. The first-order valence-electron chi connectivity index (χ1n) is 5.86. The number of hydrogen-bond donors (Lipinski definition) is 0. The van der Waals surface area contributed by atoms with Gasteiger partial charge in [0.15, 0.2) is 0 Å². The van der Waals surface area contributed by atoms with E-state index in [9.17, 15) is 10.1 Å². The molecule has 0 fully saturated rings. The summed E-state index contributed by atoms with van der Waals surface area (Å²) in [5, 5.41) is 11.5. The summed E-state index contributed by atoms with van der Waals surface area (Å²) in [6.07, 6.45) is 2.86. The average molecular weight is 256 g/mol. The number of nitrogens with zero attached hydrogens (tertiary/aromatic N) is 1. The van der Waals surface area contributed by atoms with Gasteiger partial charge in [0, 0.05) is 9.95 Å². The average Bonchev–Trinajstić information content (AvgIpc) is 2.26. The van der Waals surface area contributed by atoms with Crippen LogP contribution in [0.2, 0.25) is 5.02 Å². The van der Waals surface area contributed by atoms with Crippen molar-refractivity contribution in [2.24, 2.45) is 0 Å². The Hall–Kier alpha value is -1.09. The number of rotatable bonds is 6. The molecule has 0 aliphatic carbocycles. The maximum Gasteiger partial charge on any atom is 0.213 e. The van der Waals surface area contributed by atoms with E-state index in [4.69, 9.17) is 11.6 Å². The van der Waals surface area contributed by atoms with Gasteiger partial charge in [-0.25, -0.2) is 0 Å². The van der Waals surface area contributed by atoms with Crippen molar-refractivity contribution in [2.45, 2.75) is 38.5 Å². The molecule has 0 aliphatic heterocycles. The van der Waals surface area contributed by atoms with Gasteiger partial charge in [-0.2, -0.15) is 0 Å². The highest BCUT2D eigenvalue weighted by atomic mass is 35.5. The lowest BCUT2D eigenvalue weighted by atomic mass is 9.78. The molecule has 0 aliphatic rings. The van der Waals surface area contributed by atoms with E-state index in [2.05, 4.69) is 6.92 Å². The van der Waals surface area contributed by atoms with Crippen LogP contribution in [-0.2, 0) is 5.41 Å². The molecule has 0 amide bonds. The van der Waals surface area contributed by atoms with Gasteiger partial charge in [0.2, 0.25) is 6.54 Å². The third-order valence-electron chi connectivity index (χ3n) is 3.10. The summed E-state index contributed by atoms with van der Waals surface area (Å²) in [4.78, 5) is 10.6. The van der Waals surface area contributed by atoms with E-state index in [0.29, 0.717) is 5.02 Å². The molecule has 0 heterocycles. The summed E-state index contributed by atoms with van der Waals surface area (Å²) in [5.74, 6) is 0. The third-order valence-corrected chi connectivity index (χ3v) is 3.35. The predicted octanol–water partition coefficient (Wildman–Crippen LogP) is 4.06. The van der Waals surface area contributed by atoms with Crippen molar-refractivity contribution in [1.29, 1.82) is 0 Å². The van der Waals surface area contributed by atoms with Crippen LogP contribution < -0.4 is 0 Å². The molecule has 1 aromatic rings. The fourth-order valence-corrected chi connectivity index (χ4v) is 2.14. The molecule has 0 aromatic heterocycles. The van der Waals surface area contributed by atoms with Crippen LogP contribution in [0.25, 0.3) is 0 Å². The maximum absolute atomic E-state index is 10.8. The summed E-state index contributed by atoms with van der Waals surface area (Å²) in [6, 6.07) is 7.37. The van der Waals surface area contributed by atoms with Crippen molar-refractivity contribution in [2.75, 3.05) is 6.54 Å². The standard InChI is InChI=1S/C13H18ClNO2/c1-3-4-9-13(2,10-15(16)17)11-5-7-12(14)8-6-11/h5-8H,3-4,9-10H2,1-2H3/t13-/m0/s1. The molecular weight excluding hydrogens is 238 g/mol. The van der Waals surface area contributed by atoms with E-state index in [1.54, 1.807) is 12.1 Å². The summed E-state index contributed by atoms with van der Waals surface area (Å²) in [7, 11) is 0. The third kappa shape index (κ3) is 4.00. The van der Waals surface area contributed by atoms with Gasteiger partial charge in [0.05, 0.1) is 5.41 Å². The lowest BCUT2D eigenvalue weighted by Gasteiger charge is -2.25. The van der Waals surface area contributed by atoms with Crippen molar-refractivity contribution in [3.63, 3.8) is 0 Å². The molecular formula is C13H18ClNO2. The van der Waals surface area contributed by atoms with Gasteiger partial charge in [-0.05, 0) is 31.0 Å². The molecule has 17 heavy (non-hydrogen) atoms. The highest BCUT2D eigenvalue weighted by molar-refractivity contribution is 6.30. The van der Waals surface area contributed by atoms with E-state index in [1.165, 1.54) is 0 Å². The highest BCUT2D eigenvalue weighted by Crippen LogP contribution is 2.30. The first-order valence-corrected chi connectivity index (χ1v) is 6.23. The minimum atomic E-state index is -0.399. The second kappa shape index (κ2) is 6.01. The van der Waals surface area contributed by atoms with Gasteiger partial charge in [-0.3, -0.25) is 10.1 Å². The topological polar surface area (TPSA) is 43.1 Å². The minimum absolute atomic E-state index is 0.0331. The van der Waals surface area contributed by atoms with Gasteiger partial charge in [-0.15, -0.1) is 0 Å². The molecule has 0 saturated carbocycles. The lowest BCUT2D eigenvalue weighted by molar-refractivity contribution is -0.490. The molecule has 1 atom stereocenters. The van der Waals surface area contributed by atoms with Crippen molar-refractivity contribution in [3.05, 3.63) is 45.0 Å². The quantitative estimate of drug-likeness (QED) is 0.568. The molecule has 0 saturated heterocycles. The molecule has 3 nitrogen and oxygen atoms in total. The van der Waals surface area contributed by atoms with Crippen LogP contribution in [0.4, 0.5) is 0 Å². The number of hydrogen-bond acceptors (Lipinski definition) is 2. The van der Waals surface area contributed by atoms with Crippen LogP contribution in [0.1, 0.15) is 38.7 Å². The number of nitro groups is 1. The van der Waals surface area contributed by atoms with Crippen LogP contribution in [0.3, 0.4) is 0 Å². The Morgan fingerprint density at radius 3 is 2.41 bits per heavy atom. The second-order valence-electron chi connectivity index (χ2n) is 4.66. The molecule has 94 valence electrons. The van der Waals surface area contributed by atoms with Crippen LogP contribution in [0, 0.1) is 10.1 Å². The summed E-state index contributed by atoms with van der Waals surface area (Å²) in [6.45, 7) is 4.01. The van der Waals surface area contributed by atoms with Crippen molar-refractivity contribution < 1.29 is 4.92 Å². The summed E-state index contributed by atoms with van der Waals surface area (Å²) < 4.78 is 0. The molecule has 0 unspecified atom stereocenters. The van der Waals surface area contributed by atoms with E-state index >= 15 is 0 Å². The normalized spacial score (nSPS) is 14.3. The van der Waals surface area contributed by atoms with Gasteiger partial charge in [0.25, 0.3) is 0 Å². The Morgan fingerprint density at radius 1 is 1.35 bits per heavy atom. The molecule has 4 heteroatoms. The largest absolute Gasteiger partial charge is 0.265 e. The van der Waals surface area contributed by atoms with Gasteiger partial charge in [-0.1, -0.05) is 43.5 Å². The molecule has 0 bridgehead atoms. The summed E-state index contributed by atoms with van der Waals surface area (Å²) >= 11 is 5.84. The molecule has 0 N–H and O–H groups in total. The summed E-state index contributed by atoms with van der Waals surface area (Å²) in [5.41, 5.74) is 0.594. The Morgan fingerprint density at radius 2 is 1.94 bits per heavy atom. The fourth-order valence-electron chi connectivity index (χ4n) is 2.02. The van der Waals surface area contributed by atoms with Crippen LogP contribution in [0.15, 0.2) is 24.3 Å². The van der Waals surface area contributed by atoms with Gasteiger partial charge in [0.1, 0.15) is 0 Å². The number of unbranched alkanes of at least 4 members (excludes halogenated alkanes) is 1. The van der Waals surface area contributed by atoms with E-state index < -0.39 is 5.41 Å². The Labute approximate surface area is 107 Å². The molecule has 0 spiro atoms. The number of halogens is 1. The van der Waals surface area contributed by atoms with Crippen LogP contribution in [-0.4, -0.2) is 11.5 Å². The van der Waals surface area contributed by atoms with Crippen molar-refractivity contribution in [3.8, 4) is 0 Å². The van der Waals surface area contributed by atoms with Crippen molar-refractivity contribution in [1.82, 2.24) is 0 Å². The Balaban J connectivity index is 2.95. The zero-order valence-corrected chi connectivity index (χ0v) is 11.0. The lowest BCUT2D eigenvalue weighted by Crippen LogP contribution is -2.31. The molecule has 1 aromatic carbocycles. The first kappa shape index (κ1) is 14.0. The van der Waals surface area contributed by atoms with E-state index in [0.717, 1.165) is 24.8 Å². The molecule has 0 radical (unpaired) electrons. The Kier molecular flexibility index (Phi) is 4.94. The van der Waals surface area contributed by atoms with Crippen molar-refractivity contribution >= 4 is 11.6 Å². The SMILES string of the molecule is CCCC[C@@](C)(C[N+](=O)[O-])c1ccc(Cl)cc1. The van der Waals surface area contributed by atoms with Gasteiger partial charge < -0.3 is 0 Å². The zero-order chi connectivity index (χ0) is 12.9. The monoisotopic (exact) mass is 255 g/mol. The molecule has 1 rings (SSSR count). The van der Waals surface area contributed by atoms with Crippen LogP contribution >= 0.6 is 11.6 Å². The van der Waals surface area contributed by atoms with Crippen LogP contribution in [0.5, 0.6) is 0 Å². The fraction of sp³-hybridized carbons (Fsp3) is 0.538. The minimum Gasteiger partial charge on any atom is -0.265 e. The van der Waals surface area contributed by atoms with E-state index in [1.807, 2.05) is 19.1 Å². The smallest absolute Gasteiger partial charge is 0.213 e. The zero-order valence-electron chi connectivity index (χ0n) is 10.3. The number of benzene rings is 1. The van der Waals surface area contributed by atoms with Gasteiger partial charge >= 0.3 is 0 Å². The highest BCUT2D eigenvalue weighted by Gasteiger charge is 2.31. The van der Waals surface area contributed by atoms with E-state index in [-0.39, 0.29) is 11.5 Å². The first-order chi connectivity index (χ1) is 7.98.